The number of hydrogen-bond acceptors (Lipinski definition) is 3. The fraction of sp³-hybridized carbons (Fsp3) is 0.500. The van der Waals surface area contributed by atoms with Gasteiger partial charge in [-0.05, 0) is 44.0 Å². The predicted octanol–water partition coefficient (Wildman–Crippen LogP) is 2.82. The van der Waals surface area contributed by atoms with E-state index in [1.54, 1.807) is 24.3 Å². The monoisotopic (exact) mass is 344 g/mol. The second-order valence-electron chi connectivity index (χ2n) is 5.53. The van der Waals surface area contributed by atoms with Crippen molar-refractivity contribution in [2.75, 3.05) is 25.0 Å². The standard InChI is InChI=1S/C16H19F3N2O3/c1-2-24-13-7-5-12(6-8-13)20-14(22)11-4-3-9-21(10-11)15(23)16(17,18)19/h5-8,11H,2-4,9-10H2,1H3,(H,20,22). The first-order valence-corrected chi connectivity index (χ1v) is 7.71. The average Bonchev–Trinajstić information content (AvgIpc) is 2.55. The lowest BCUT2D eigenvalue weighted by atomic mass is 9.97. The van der Waals surface area contributed by atoms with Gasteiger partial charge in [-0.2, -0.15) is 13.2 Å². The van der Waals surface area contributed by atoms with Gasteiger partial charge in [-0.25, -0.2) is 0 Å². The quantitative estimate of drug-likeness (QED) is 0.914. The summed E-state index contributed by atoms with van der Waals surface area (Å²) in [5.41, 5.74) is 0.530. The van der Waals surface area contributed by atoms with Crippen molar-refractivity contribution in [2.24, 2.45) is 5.92 Å². The number of nitrogens with one attached hydrogen (secondary N) is 1. The summed E-state index contributed by atoms with van der Waals surface area (Å²) in [6, 6.07) is 6.70. The fourth-order valence-corrected chi connectivity index (χ4v) is 2.60. The van der Waals surface area contributed by atoms with Crippen LogP contribution in [0.3, 0.4) is 0 Å². The number of carbonyl (C=O) groups excluding carboxylic acids is 2. The van der Waals surface area contributed by atoms with Crippen molar-refractivity contribution in [2.45, 2.75) is 25.9 Å². The lowest BCUT2D eigenvalue weighted by molar-refractivity contribution is -0.187. The summed E-state index contributed by atoms with van der Waals surface area (Å²) in [6.07, 6.45) is -4.10. The summed E-state index contributed by atoms with van der Waals surface area (Å²) < 4.78 is 42.8. The molecule has 1 fully saturated rings. The Bertz CT molecular complexity index is 587. The van der Waals surface area contributed by atoms with Crippen LogP contribution in [0.5, 0.6) is 5.75 Å². The van der Waals surface area contributed by atoms with Gasteiger partial charge in [0.05, 0.1) is 12.5 Å². The van der Waals surface area contributed by atoms with Gasteiger partial charge in [0.2, 0.25) is 5.91 Å². The highest BCUT2D eigenvalue weighted by Crippen LogP contribution is 2.25. The van der Waals surface area contributed by atoms with Gasteiger partial charge in [0.25, 0.3) is 0 Å². The molecular formula is C16H19F3N2O3. The molecular weight excluding hydrogens is 325 g/mol. The van der Waals surface area contributed by atoms with Crippen molar-refractivity contribution in [3.63, 3.8) is 0 Å². The highest BCUT2D eigenvalue weighted by atomic mass is 19.4. The van der Waals surface area contributed by atoms with Crippen LogP contribution in [0.25, 0.3) is 0 Å². The van der Waals surface area contributed by atoms with Gasteiger partial charge in [-0.1, -0.05) is 0 Å². The molecule has 0 spiro atoms. The predicted molar refractivity (Wildman–Crippen MR) is 81.6 cm³/mol. The number of piperidine rings is 1. The molecule has 0 saturated carbocycles. The molecule has 1 N–H and O–H groups in total. The minimum absolute atomic E-state index is 0.0190. The zero-order valence-electron chi connectivity index (χ0n) is 13.2. The van der Waals surface area contributed by atoms with Crippen LogP contribution in [0.2, 0.25) is 0 Å². The van der Waals surface area contributed by atoms with E-state index >= 15 is 0 Å². The maximum absolute atomic E-state index is 12.5. The molecule has 0 bridgehead atoms. The number of carbonyl (C=O) groups is 2. The Balaban J connectivity index is 1.95. The number of anilines is 1. The number of hydrogen-bond donors (Lipinski definition) is 1. The molecule has 24 heavy (non-hydrogen) atoms. The highest BCUT2D eigenvalue weighted by molar-refractivity contribution is 5.93. The largest absolute Gasteiger partial charge is 0.494 e. The first-order valence-electron chi connectivity index (χ1n) is 7.71. The van der Waals surface area contributed by atoms with Crippen LogP contribution in [0.4, 0.5) is 18.9 Å². The smallest absolute Gasteiger partial charge is 0.471 e. The molecule has 0 radical (unpaired) electrons. The summed E-state index contributed by atoms with van der Waals surface area (Å²) in [6.45, 7) is 2.18. The molecule has 1 aliphatic heterocycles. The highest BCUT2D eigenvalue weighted by Gasteiger charge is 2.44. The van der Waals surface area contributed by atoms with Crippen LogP contribution < -0.4 is 10.1 Å². The van der Waals surface area contributed by atoms with Crippen LogP contribution in [0.1, 0.15) is 19.8 Å². The average molecular weight is 344 g/mol. The molecule has 8 heteroatoms. The van der Waals surface area contributed by atoms with E-state index in [1.165, 1.54) is 0 Å². The van der Waals surface area contributed by atoms with E-state index in [0.717, 1.165) is 0 Å². The van der Waals surface area contributed by atoms with Crippen molar-refractivity contribution in [3.05, 3.63) is 24.3 Å². The Morgan fingerprint density at radius 3 is 2.54 bits per heavy atom. The van der Waals surface area contributed by atoms with Crippen molar-refractivity contribution in [1.29, 1.82) is 0 Å². The minimum atomic E-state index is -4.91. The minimum Gasteiger partial charge on any atom is -0.494 e. The molecule has 1 aromatic rings. The lowest BCUT2D eigenvalue weighted by Gasteiger charge is -2.32. The van der Waals surface area contributed by atoms with Crippen molar-refractivity contribution >= 4 is 17.5 Å². The topological polar surface area (TPSA) is 58.6 Å². The van der Waals surface area contributed by atoms with Crippen molar-refractivity contribution in [3.8, 4) is 5.75 Å². The molecule has 1 atom stereocenters. The van der Waals surface area contributed by atoms with Gasteiger partial charge >= 0.3 is 12.1 Å². The molecule has 0 aliphatic carbocycles. The van der Waals surface area contributed by atoms with Crippen molar-refractivity contribution in [1.82, 2.24) is 4.90 Å². The summed E-state index contributed by atoms with van der Waals surface area (Å²) in [7, 11) is 0. The Kier molecular flexibility index (Phi) is 5.69. The third-order valence-corrected chi connectivity index (χ3v) is 3.75. The second kappa shape index (κ2) is 7.55. The number of alkyl halides is 3. The maximum Gasteiger partial charge on any atom is 0.471 e. The number of rotatable bonds is 4. The normalized spacial score (nSPS) is 18.2. The molecule has 0 aromatic heterocycles. The number of benzene rings is 1. The van der Waals surface area contributed by atoms with Crippen LogP contribution in [-0.2, 0) is 9.59 Å². The molecule has 5 nitrogen and oxygen atoms in total. The molecule has 132 valence electrons. The molecule has 2 amide bonds. The van der Waals surface area contributed by atoms with E-state index < -0.39 is 18.0 Å². The lowest BCUT2D eigenvalue weighted by Crippen LogP contribution is -2.48. The zero-order chi connectivity index (χ0) is 17.7. The van der Waals surface area contributed by atoms with Gasteiger partial charge in [-0.15, -0.1) is 0 Å². The Labute approximate surface area is 137 Å². The SMILES string of the molecule is CCOc1ccc(NC(=O)C2CCCN(C(=O)C(F)(F)F)C2)cc1. The fourth-order valence-electron chi connectivity index (χ4n) is 2.60. The van der Waals surface area contributed by atoms with Gasteiger partial charge in [0.15, 0.2) is 0 Å². The number of amides is 2. The number of nitrogens with zero attached hydrogens (tertiary/aromatic N) is 1. The number of ether oxygens (including phenoxy) is 1. The summed E-state index contributed by atoms with van der Waals surface area (Å²) in [5.74, 6) is -2.27. The van der Waals surface area contributed by atoms with E-state index in [-0.39, 0.29) is 19.0 Å². The molecule has 2 rings (SSSR count). The summed E-state index contributed by atoms with van der Waals surface area (Å²) >= 11 is 0. The van der Waals surface area contributed by atoms with Crippen LogP contribution in [-0.4, -0.2) is 42.6 Å². The van der Waals surface area contributed by atoms with Crippen LogP contribution in [0.15, 0.2) is 24.3 Å². The third-order valence-electron chi connectivity index (χ3n) is 3.75. The second-order valence-corrected chi connectivity index (χ2v) is 5.53. The number of halogens is 3. The Morgan fingerprint density at radius 2 is 1.96 bits per heavy atom. The van der Waals surface area contributed by atoms with E-state index in [0.29, 0.717) is 35.8 Å². The first-order chi connectivity index (χ1) is 11.3. The van der Waals surface area contributed by atoms with E-state index in [4.69, 9.17) is 4.74 Å². The van der Waals surface area contributed by atoms with Gasteiger partial charge in [0.1, 0.15) is 5.75 Å². The van der Waals surface area contributed by atoms with Crippen LogP contribution in [0, 0.1) is 5.92 Å². The van der Waals surface area contributed by atoms with Gasteiger partial charge in [0, 0.05) is 18.8 Å². The van der Waals surface area contributed by atoms with E-state index in [9.17, 15) is 22.8 Å². The molecule has 1 saturated heterocycles. The van der Waals surface area contributed by atoms with Gasteiger partial charge in [-0.3, -0.25) is 9.59 Å². The number of likely N-dealkylation sites (tertiary alicyclic amines) is 1. The van der Waals surface area contributed by atoms with E-state index in [1.807, 2.05) is 6.92 Å². The first kappa shape index (κ1) is 18.1. The Morgan fingerprint density at radius 1 is 1.29 bits per heavy atom. The zero-order valence-corrected chi connectivity index (χ0v) is 13.2. The Hall–Kier alpha value is -2.25. The van der Waals surface area contributed by atoms with E-state index in [2.05, 4.69) is 5.32 Å². The van der Waals surface area contributed by atoms with Crippen LogP contribution >= 0.6 is 0 Å². The molecule has 1 unspecified atom stereocenters. The van der Waals surface area contributed by atoms with Crippen molar-refractivity contribution < 1.29 is 27.5 Å². The maximum atomic E-state index is 12.5. The summed E-state index contributed by atoms with van der Waals surface area (Å²) in [4.78, 5) is 24.2. The summed E-state index contributed by atoms with van der Waals surface area (Å²) in [5, 5.41) is 2.67. The molecule has 1 aromatic carbocycles. The molecule has 1 heterocycles. The third kappa shape index (κ3) is 4.62. The van der Waals surface area contributed by atoms with Gasteiger partial charge < -0.3 is 15.0 Å². The molecule has 1 aliphatic rings.